The molecule has 0 rings (SSSR count). The maximum atomic E-state index is 12.7. The van der Waals surface area contributed by atoms with Crippen molar-refractivity contribution in [2.45, 2.75) is 245 Å². The third-order valence-electron chi connectivity index (χ3n) is 10.7. The summed E-state index contributed by atoms with van der Waals surface area (Å²) in [6.45, 7) is 6.43. The van der Waals surface area contributed by atoms with Crippen LogP contribution in [0.25, 0.3) is 0 Å². The number of rotatable bonds is 45. The lowest BCUT2D eigenvalue weighted by Gasteiger charge is -2.18. The first-order valence-electron chi connectivity index (χ1n) is 25.5. The first-order valence-corrected chi connectivity index (χ1v) is 25.5. The van der Waals surface area contributed by atoms with E-state index in [-0.39, 0.29) is 37.5 Å². The Morgan fingerprint density at radius 3 is 1.15 bits per heavy atom. The van der Waals surface area contributed by atoms with Crippen molar-refractivity contribution in [3.63, 3.8) is 0 Å². The number of allylic oxidation sites excluding steroid dienone is 12. The Morgan fingerprint density at radius 2 is 0.721 bits per heavy atom. The maximum absolute atomic E-state index is 12.7. The van der Waals surface area contributed by atoms with Gasteiger partial charge in [-0.25, -0.2) is 0 Å². The van der Waals surface area contributed by atoms with Crippen molar-refractivity contribution in [2.24, 2.45) is 0 Å². The standard InChI is InChI=1S/C55H94O6/c1-4-7-10-13-16-19-22-25-26-27-28-29-31-33-36-39-42-45-48-54(57)60-51-52(50-59-53(56)47-44-41-38-35-32-24-21-18-15-12-9-6-3)61-55(58)49-46-43-40-37-34-30-23-20-17-14-11-8-5-2/h9,12,18,21,26-30,34,40,43,52H,4-8,10-11,13-17,19-20,22-25,31-33,35-39,41-42,44-51H2,1-3H3/b12-9-,21-18-,27-26-,29-28-,34-30-,43-40-. The molecule has 0 bridgehead atoms. The van der Waals surface area contributed by atoms with Crippen molar-refractivity contribution in [3.8, 4) is 0 Å². The summed E-state index contributed by atoms with van der Waals surface area (Å²) in [4.78, 5) is 37.9. The summed E-state index contributed by atoms with van der Waals surface area (Å²) < 4.78 is 16.7. The van der Waals surface area contributed by atoms with Gasteiger partial charge in [0.1, 0.15) is 13.2 Å². The number of ether oxygens (including phenoxy) is 3. The number of unbranched alkanes of at least 4 members (excludes halogenated alkanes) is 23. The molecule has 0 fully saturated rings. The van der Waals surface area contributed by atoms with Gasteiger partial charge in [0.05, 0.1) is 0 Å². The summed E-state index contributed by atoms with van der Waals surface area (Å²) in [5, 5.41) is 0. The van der Waals surface area contributed by atoms with Gasteiger partial charge in [0, 0.05) is 19.3 Å². The van der Waals surface area contributed by atoms with Gasteiger partial charge in [-0.05, 0) is 89.9 Å². The fourth-order valence-electron chi connectivity index (χ4n) is 6.88. The van der Waals surface area contributed by atoms with Crippen molar-refractivity contribution in [3.05, 3.63) is 72.9 Å². The number of esters is 3. The average molecular weight is 851 g/mol. The second-order valence-corrected chi connectivity index (χ2v) is 16.7. The van der Waals surface area contributed by atoms with E-state index in [1.54, 1.807) is 0 Å². The Balaban J connectivity index is 4.46. The van der Waals surface area contributed by atoms with E-state index >= 15 is 0 Å². The molecule has 1 atom stereocenters. The van der Waals surface area contributed by atoms with Crippen LogP contribution in [-0.4, -0.2) is 37.2 Å². The Hall–Kier alpha value is -3.15. The number of carbonyl (C=O) groups excluding carboxylic acids is 3. The lowest BCUT2D eigenvalue weighted by molar-refractivity contribution is -0.166. The van der Waals surface area contributed by atoms with Crippen molar-refractivity contribution in [2.75, 3.05) is 13.2 Å². The molecule has 0 aromatic rings. The van der Waals surface area contributed by atoms with Crippen LogP contribution >= 0.6 is 0 Å². The van der Waals surface area contributed by atoms with Crippen molar-refractivity contribution in [1.82, 2.24) is 0 Å². The molecular formula is C55H94O6. The molecule has 0 saturated heterocycles. The van der Waals surface area contributed by atoms with E-state index in [2.05, 4.69) is 87.6 Å². The molecular weight excluding hydrogens is 757 g/mol. The fraction of sp³-hybridized carbons (Fsp3) is 0.727. The minimum absolute atomic E-state index is 0.111. The Bertz CT molecular complexity index is 1160. The van der Waals surface area contributed by atoms with Gasteiger partial charge in [0.25, 0.3) is 0 Å². The van der Waals surface area contributed by atoms with E-state index in [4.69, 9.17) is 14.2 Å². The van der Waals surface area contributed by atoms with Crippen LogP contribution in [0.3, 0.4) is 0 Å². The van der Waals surface area contributed by atoms with Crippen molar-refractivity contribution < 1.29 is 28.6 Å². The lowest BCUT2D eigenvalue weighted by atomic mass is 10.1. The molecule has 6 heteroatoms. The predicted octanol–water partition coefficient (Wildman–Crippen LogP) is 16.6. The molecule has 0 heterocycles. The lowest BCUT2D eigenvalue weighted by Crippen LogP contribution is -2.30. The van der Waals surface area contributed by atoms with E-state index in [1.165, 1.54) is 89.9 Å². The molecule has 0 radical (unpaired) electrons. The van der Waals surface area contributed by atoms with E-state index in [0.717, 1.165) is 103 Å². The normalized spacial score (nSPS) is 12.6. The van der Waals surface area contributed by atoms with Crippen LogP contribution in [-0.2, 0) is 28.6 Å². The first kappa shape index (κ1) is 57.9. The molecule has 0 N–H and O–H groups in total. The largest absolute Gasteiger partial charge is 0.462 e. The second kappa shape index (κ2) is 49.5. The molecule has 0 aliphatic heterocycles. The highest BCUT2D eigenvalue weighted by Gasteiger charge is 2.19. The molecule has 0 saturated carbocycles. The fourth-order valence-corrected chi connectivity index (χ4v) is 6.88. The monoisotopic (exact) mass is 851 g/mol. The van der Waals surface area contributed by atoms with Crippen molar-refractivity contribution in [1.29, 1.82) is 0 Å². The highest BCUT2D eigenvalue weighted by molar-refractivity contribution is 5.71. The van der Waals surface area contributed by atoms with Crippen LogP contribution < -0.4 is 0 Å². The highest BCUT2D eigenvalue weighted by atomic mass is 16.6. The molecule has 1 unspecified atom stereocenters. The van der Waals surface area contributed by atoms with Crippen molar-refractivity contribution >= 4 is 17.9 Å². The zero-order valence-electron chi connectivity index (χ0n) is 39.9. The summed E-state index contributed by atoms with van der Waals surface area (Å²) in [5.41, 5.74) is 0. The van der Waals surface area contributed by atoms with Gasteiger partial charge in [-0.15, -0.1) is 0 Å². The first-order chi connectivity index (χ1) is 30.0. The van der Waals surface area contributed by atoms with Gasteiger partial charge >= 0.3 is 17.9 Å². The molecule has 350 valence electrons. The third-order valence-corrected chi connectivity index (χ3v) is 10.7. The molecule has 0 aliphatic rings. The van der Waals surface area contributed by atoms with Crippen LogP contribution in [0.2, 0.25) is 0 Å². The number of hydrogen-bond acceptors (Lipinski definition) is 6. The summed E-state index contributed by atoms with van der Waals surface area (Å²) in [5.74, 6) is -1.01. The van der Waals surface area contributed by atoms with Gasteiger partial charge in [0.2, 0.25) is 0 Å². The van der Waals surface area contributed by atoms with Gasteiger partial charge < -0.3 is 14.2 Å². The SMILES string of the molecule is CC/C=C\C/C=C\CCCCCCCC(=O)OCC(COC(=O)CCCCCCC/C=C\C=C/CCCCCCCCC)OC(=O)CC/C=C\C/C=C\CCCCCCCC. The smallest absolute Gasteiger partial charge is 0.306 e. The van der Waals surface area contributed by atoms with E-state index in [9.17, 15) is 14.4 Å². The van der Waals surface area contributed by atoms with Crippen LogP contribution in [0.5, 0.6) is 0 Å². The zero-order chi connectivity index (χ0) is 44.4. The van der Waals surface area contributed by atoms with Gasteiger partial charge in [-0.2, -0.15) is 0 Å². The van der Waals surface area contributed by atoms with Crippen LogP contribution in [0.15, 0.2) is 72.9 Å². The van der Waals surface area contributed by atoms with Gasteiger partial charge in [-0.1, -0.05) is 203 Å². The molecule has 0 amide bonds. The minimum atomic E-state index is -0.817. The van der Waals surface area contributed by atoms with Crippen LogP contribution in [0.1, 0.15) is 239 Å². The average Bonchev–Trinajstić information content (AvgIpc) is 3.26. The number of hydrogen-bond donors (Lipinski definition) is 0. The molecule has 0 aromatic carbocycles. The topological polar surface area (TPSA) is 78.9 Å². The molecule has 0 spiro atoms. The molecule has 6 nitrogen and oxygen atoms in total. The van der Waals surface area contributed by atoms with E-state index in [1.807, 2.05) is 6.08 Å². The summed E-state index contributed by atoms with van der Waals surface area (Å²) in [6.07, 6.45) is 61.9. The quantitative estimate of drug-likeness (QED) is 0.0200. The van der Waals surface area contributed by atoms with E-state index in [0.29, 0.717) is 19.3 Å². The Morgan fingerprint density at radius 1 is 0.361 bits per heavy atom. The maximum Gasteiger partial charge on any atom is 0.306 e. The molecule has 61 heavy (non-hydrogen) atoms. The summed E-state index contributed by atoms with van der Waals surface area (Å²) in [7, 11) is 0. The Labute approximate surface area is 376 Å². The summed E-state index contributed by atoms with van der Waals surface area (Å²) in [6, 6.07) is 0. The highest BCUT2D eigenvalue weighted by Crippen LogP contribution is 2.13. The molecule has 0 aromatic heterocycles. The van der Waals surface area contributed by atoms with Crippen LogP contribution in [0, 0.1) is 0 Å². The van der Waals surface area contributed by atoms with Crippen LogP contribution in [0.4, 0.5) is 0 Å². The second-order valence-electron chi connectivity index (χ2n) is 16.7. The summed E-state index contributed by atoms with van der Waals surface area (Å²) >= 11 is 0. The Kier molecular flexibility index (Phi) is 46.9. The van der Waals surface area contributed by atoms with Gasteiger partial charge in [0.15, 0.2) is 6.10 Å². The molecule has 0 aliphatic carbocycles. The number of carbonyl (C=O) groups is 3. The third kappa shape index (κ3) is 47.7. The predicted molar refractivity (Wildman–Crippen MR) is 261 cm³/mol. The van der Waals surface area contributed by atoms with E-state index < -0.39 is 6.10 Å². The minimum Gasteiger partial charge on any atom is -0.462 e. The zero-order valence-corrected chi connectivity index (χ0v) is 39.9. The van der Waals surface area contributed by atoms with Gasteiger partial charge in [-0.3, -0.25) is 14.4 Å².